The van der Waals surface area contributed by atoms with Crippen LogP contribution in [0.15, 0.2) is 83.4 Å². The average Bonchev–Trinajstić information content (AvgIpc) is 3.28. The van der Waals surface area contributed by atoms with Gasteiger partial charge < -0.3 is 19.7 Å². The van der Waals surface area contributed by atoms with Crippen LogP contribution in [0.5, 0.6) is 0 Å². The van der Waals surface area contributed by atoms with E-state index in [2.05, 4.69) is 15.8 Å². The molecule has 3 N–H and O–H groups in total. The number of nitrogens with one attached hydrogen (secondary N) is 2. The van der Waals surface area contributed by atoms with Crippen LogP contribution in [0.25, 0.3) is 11.1 Å². The standard InChI is InChI=1S/C29H27N3O6/c1-17(28(34)35)23-11-7-8-12-24(23)30-26(33)22-15-13-21(14-16-22)25-18(2)32-38-27(25)31-29(36)37-19(3)20-9-5-4-6-10-20/h4-17,19H,1-3H3,(H,30,33)(H,31,36)(H,34,35). The maximum atomic E-state index is 12.9. The molecule has 2 unspecified atom stereocenters. The molecule has 0 bridgehead atoms. The van der Waals surface area contributed by atoms with Crippen LogP contribution in [-0.2, 0) is 9.53 Å². The lowest BCUT2D eigenvalue weighted by Gasteiger charge is -2.14. The minimum absolute atomic E-state index is 0.126. The summed E-state index contributed by atoms with van der Waals surface area (Å²) in [6.45, 7) is 5.07. The van der Waals surface area contributed by atoms with Crippen molar-refractivity contribution in [3.05, 3.63) is 101 Å². The van der Waals surface area contributed by atoms with Gasteiger partial charge in [0.2, 0.25) is 5.88 Å². The number of amides is 2. The van der Waals surface area contributed by atoms with E-state index < -0.39 is 24.1 Å². The van der Waals surface area contributed by atoms with Gasteiger partial charge in [0, 0.05) is 11.3 Å². The van der Waals surface area contributed by atoms with Crippen LogP contribution in [0.2, 0.25) is 0 Å². The maximum absolute atomic E-state index is 12.9. The quantitative estimate of drug-likeness (QED) is 0.248. The number of aliphatic carboxylic acids is 1. The number of carboxylic acid groups (broad SMARTS) is 1. The summed E-state index contributed by atoms with van der Waals surface area (Å²) in [4.78, 5) is 36.8. The summed E-state index contributed by atoms with van der Waals surface area (Å²) in [6.07, 6.45) is -1.16. The fourth-order valence-electron chi connectivity index (χ4n) is 3.97. The first-order valence-corrected chi connectivity index (χ1v) is 12.0. The Morgan fingerprint density at radius 2 is 1.55 bits per heavy atom. The van der Waals surface area contributed by atoms with Gasteiger partial charge in [-0.15, -0.1) is 0 Å². The Kier molecular flexibility index (Phi) is 7.86. The molecule has 0 saturated carbocycles. The van der Waals surface area contributed by atoms with E-state index in [9.17, 15) is 19.5 Å². The van der Waals surface area contributed by atoms with Crippen LogP contribution in [0, 0.1) is 6.92 Å². The Hall–Kier alpha value is -4.92. The molecule has 2 atom stereocenters. The number of nitrogens with zero attached hydrogens (tertiary/aromatic N) is 1. The molecule has 9 heteroatoms. The summed E-state index contributed by atoms with van der Waals surface area (Å²) in [5, 5.41) is 18.7. The van der Waals surface area contributed by atoms with Crippen LogP contribution in [0.3, 0.4) is 0 Å². The fraction of sp³-hybridized carbons (Fsp3) is 0.172. The van der Waals surface area contributed by atoms with E-state index in [1.54, 1.807) is 69.3 Å². The van der Waals surface area contributed by atoms with Crippen molar-refractivity contribution in [2.75, 3.05) is 10.6 Å². The fourth-order valence-corrected chi connectivity index (χ4v) is 3.97. The number of aryl methyl sites for hydroxylation is 1. The molecular formula is C29H27N3O6. The third kappa shape index (κ3) is 5.89. The van der Waals surface area contributed by atoms with Crippen molar-refractivity contribution in [1.82, 2.24) is 5.16 Å². The Morgan fingerprint density at radius 1 is 0.895 bits per heavy atom. The first-order valence-electron chi connectivity index (χ1n) is 12.0. The van der Waals surface area contributed by atoms with Crippen LogP contribution < -0.4 is 10.6 Å². The smallest absolute Gasteiger partial charge is 0.414 e. The van der Waals surface area contributed by atoms with E-state index >= 15 is 0 Å². The highest BCUT2D eigenvalue weighted by Crippen LogP contribution is 2.32. The van der Waals surface area contributed by atoms with E-state index in [-0.39, 0.29) is 11.8 Å². The van der Waals surface area contributed by atoms with Crippen molar-refractivity contribution in [2.45, 2.75) is 32.8 Å². The number of para-hydroxylation sites is 1. The third-order valence-electron chi connectivity index (χ3n) is 6.11. The Balaban J connectivity index is 1.47. The highest BCUT2D eigenvalue weighted by molar-refractivity contribution is 6.05. The molecule has 0 radical (unpaired) electrons. The van der Waals surface area contributed by atoms with Gasteiger partial charge in [-0.1, -0.05) is 65.8 Å². The molecule has 3 aromatic carbocycles. The van der Waals surface area contributed by atoms with Crippen molar-refractivity contribution in [3.63, 3.8) is 0 Å². The minimum Gasteiger partial charge on any atom is -0.481 e. The second kappa shape index (κ2) is 11.4. The monoisotopic (exact) mass is 513 g/mol. The number of aromatic nitrogens is 1. The number of carbonyl (C=O) groups excluding carboxylic acids is 2. The van der Waals surface area contributed by atoms with Crippen LogP contribution >= 0.6 is 0 Å². The SMILES string of the molecule is Cc1noc(NC(=O)OC(C)c2ccccc2)c1-c1ccc(C(=O)Nc2ccccc2C(C)C(=O)O)cc1. The highest BCUT2D eigenvalue weighted by atomic mass is 16.6. The second-order valence-electron chi connectivity index (χ2n) is 8.73. The predicted octanol–water partition coefficient (Wildman–Crippen LogP) is 6.40. The molecule has 9 nitrogen and oxygen atoms in total. The van der Waals surface area contributed by atoms with Crippen LogP contribution in [0.1, 0.15) is 53.0 Å². The molecule has 0 fully saturated rings. The third-order valence-corrected chi connectivity index (χ3v) is 6.11. The molecule has 0 aliphatic heterocycles. The Bertz CT molecular complexity index is 1450. The van der Waals surface area contributed by atoms with Crippen molar-refractivity contribution < 1.29 is 28.8 Å². The van der Waals surface area contributed by atoms with Gasteiger partial charge in [-0.25, -0.2) is 4.79 Å². The minimum atomic E-state index is -0.983. The molecule has 1 aromatic heterocycles. The van der Waals surface area contributed by atoms with Gasteiger partial charge in [0.25, 0.3) is 5.91 Å². The maximum Gasteiger partial charge on any atom is 0.414 e. The van der Waals surface area contributed by atoms with Gasteiger partial charge in [0.15, 0.2) is 0 Å². The van der Waals surface area contributed by atoms with Gasteiger partial charge >= 0.3 is 12.1 Å². The van der Waals surface area contributed by atoms with E-state index in [0.717, 1.165) is 5.56 Å². The first kappa shape index (κ1) is 26.2. The Morgan fingerprint density at radius 3 is 2.24 bits per heavy atom. The predicted molar refractivity (Wildman–Crippen MR) is 142 cm³/mol. The highest BCUT2D eigenvalue weighted by Gasteiger charge is 2.21. The van der Waals surface area contributed by atoms with Gasteiger partial charge in [-0.3, -0.25) is 14.9 Å². The number of rotatable bonds is 8. The van der Waals surface area contributed by atoms with E-state index in [1.807, 2.05) is 30.3 Å². The van der Waals surface area contributed by atoms with Gasteiger partial charge in [0.1, 0.15) is 6.10 Å². The molecule has 0 saturated heterocycles. The van der Waals surface area contributed by atoms with Gasteiger partial charge in [0.05, 0.1) is 17.2 Å². The Labute approximate surface area is 219 Å². The molecule has 0 spiro atoms. The summed E-state index contributed by atoms with van der Waals surface area (Å²) in [5.41, 5.74) is 3.94. The topological polar surface area (TPSA) is 131 Å². The normalized spacial score (nSPS) is 12.3. The molecule has 194 valence electrons. The summed E-state index contributed by atoms with van der Waals surface area (Å²) < 4.78 is 10.8. The summed E-state index contributed by atoms with van der Waals surface area (Å²) >= 11 is 0. The lowest BCUT2D eigenvalue weighted by atomic mass is 9.99. The molecule has 0 aliphatic carbocycles. The van der Waals surface area contributed by atoms with E-state index in [4.69, 9.17) is 9.26 Å². The van der Waals surface area contributed by atoms with Crippen molar-refractivity contribution in [1.29, 1.82) is 0 Å². The largest absolute Gasteiger partial charge is 0.481 e. The van der Waals surface area contributed by atoms with E-state index in [1.165, 1.54) is 0 Å². The molecule has 4 rings (SSSR count). The summed E-state index contributed by atoms with van der Waals surface area (Å²) in [7, 11) is 0. The van der Waals surface area contributed by atoms with Crippen LogP contribution in [-0.4, -0.2) is 28.2 Å². The molecule has 1 heterocycles. The number of carbonyl (C=O) groups is 3. The van der Waals surface area contributed by atoms with Crippen molar-refractivity contribution in [3.8, 4) is 11.1 Å². The van der Waals surface area contributed by atoms with Crippen molar-refractivity contribution in [2.24, 2.45) is 0 Å². The zero-order valence-electron chi connectivity index (χ0n) is 21.1. The lowest BCUT2D eigenvalue weighted by Crippen LogP contribution is -2.16. The average molecular weight is 514 g/mol. The van der Waals surface area contributed by atoms with Crippen molar-refractivity contribution >= 4 is 29.5 Å². The zero-order valence-corrected chi connectivity index (χ0v) is 21.1. The summed E-state index contributed by atoms with van der Waals surface area (Å²) in [6, 6.07) is 22.8. The zero-order chi connectivity index (χ0) is 27.2. The van der Waals surface area contributed by atoms with E-state index in [0.29, 0.717) is 33.6 Å². The number of benzene rings is 3. The van der Waals surface area contributed by atoms with Crippen LogP contribution in [0.4, 0.5) is 16.4 Å². The molecule has 38 heavy (non-hydrogen) atoms. The lowest BCUT2D eigenvalue weighted by molar-refractivity contribution is -0.138. The molecular weight excluding hydrogens is 486 g/mol. The number of ether oxygens (including phenoxy) is 1. The number of carboxylic acids is 1. The molecule has 4 aromatic rings. The second-order valence-corrected chi connectivity index (χ2v) is 8.73. The number of anilines is 2. The number of hydrogen-bond acceptors (Lipinski definition) is 6. The molecule has 2 amide bonds. The van der Waals surface area contributed by atoms with Gasteiger partial charge in [-0.05, 0) is 55.7 Å². The van der Waals surface area contributed by atoms with Gasteiger partial charge in [-0.2, -0.15) is 0 Å². The molecule has 0 aliphatic rings. The summed E-state index contributed by atoms with van der Waals surface area (Å²) in [5.74, 6) is -2.02. The number of hydrogen-bond donors (Lipinski definition) is 3. The first-order chi connectivity index (χ1) is 18.2.